The summed E-state index contributed by atoms with van der Waals surface area (Å²) in [5, 5.41) is 9.25. The second-order valence-electron chi connectivity index (χ2n) is 7.95. The van der Waals surface area contributed by atoms with Crippen LogP contribution in [0.5, 0.6) is 0 Å². The summed E-state index contributed by atoms with van der Waals surface area (Å²) >= 11 is 0. The molecule has 1 fully saturated rings. The van der Waals surface area contributed by atoms with Gasteiger partial charge in [0.05, 0.1) is 6.04 Å². The van der Waals surface area contributed by atoms with Crippen LogP contribution in [0.15, 0.2) is 29.1 Å². The number of pyridine rings is 1. The van der Waals surface area contributed by atoms with Crippen LogP contribution in [0, 0.1) is 25.2 Å². The average Bonchev–Trinajstić information content (AvgIpc) is 3.41. The number of carbonyl (C=O) groups excluding carboxylic acids is 1. The van der Waals surface area contributed by atoms with Gasteiger partial charge in [-0.2, -0.15) is 5.26 Å². The largest absolute Gasteiger partial charge is 0.333 e. The van der Waals surface area contributed by atoms with Gasteiger partial charge in [0.15, 0.2) is 0 Å². The van der Waals surface area contributed by atoms with E-state index in [1.807, 2.05) is 13.0 Å². The standard InChI is InChI=1S/C23H25N3O2/c1-14-18(15(2)25-23(28)20(14)13-24)10-12-22(27)26(17-8-9-17)21-11-7-16-5-3-4-6-19(16)21/h3-6,17,21H,7-12H2,1-2H3,(H,25,28)/t21-/m1/s1. The van der Waals surface area contributed by atoms with Gasteiger partial charge < -0.3 is 9.88 Å². The van der Waals surface area contributed by atoms with Gasteiger partial charge in [-0.15, -0.1) is 0 Å². The van der Waals surface area contributed by atoms with E-state index in [9.17, 15) is 14.9 Å². The van der Waals surface area contributed by atoms with Crippen molar-refractivity contribution >= 4 is 5.91 Å². The highest BCUT2D eigenvalue weighted by atomic mass is 16.2. The van der Waals surface area contributed by atoms with Gasteiger partial charge in [-0.25, -0.2) is 0 Å². The number of nitrogens with zero attached hydrogens (tertiary/aromatic N) is 2. The Balaban J connectivity index is 1.55. The van der Waals surface area contributed by atoms with E-state index >= 15 is 0 Å². The first-order valence-corrected chi connectivity index (χ1v) is 10.0. The number of hydrogen-bond donors (Lipinski definition) is 1. The van der Waals surface area contributed by atoms with Crippen molar-refractivity contribution in [3.8, 4) is 6.07 Å². The lowest BCUT2D eigenvalue weighted by Gasteiger charge is -2.30. The fraction of sp³-hybridized carbons (Fsp3) is 0.435. The second-order valence-corrected chi connectivity index (χ2v) is 7.95. The molecule has 2 aromatic rings. The van der Waals surface area contributed by atoms with Crippen LogP contribution in [0.2, 0.25) is 0 Å². The number of aromatic nitrogens is 1. The third kappa shape index (κ3) is 3.24. The zero-order chi connectivity index (χ0) is 19.8. The molecule has 1 aromatic heterocycles. The minimum absolute atomic E-state index is 0.150. The summed E-state index contributed by atoms with van der Waals surface area (Å²) in [7, 11) is 0. The molecule has 0 radical (unpaired) electrons. The molecule has 1 heterocycles. The molecule has 0 unspecified atom stereocenters. The number of aryl methyl sites for hydroxylation is 2. The van der Waals surface area contributed by atoms with Gasteiger partial charge in [0.1, 0.15) is 11.6 Å². The van der Waals surface area contributed by atoms with E-state index < -0.39 is 0 Å². The molecule has 1 aromatic carbocycles. The topological polar surface area (TPSA) is 77.0 Å². The summed E-state index contributed by atoms with van der Waals surface area (Å²) in [6.07, 6.45) is 5.13. The molecule has 0 bridgehead atoms. The fourth-order valence-corrected chi connectivity index (χ4v) is 4.59. The lowest BCUT2D eigenvalue weighted by Crippen LogP contribution is -2.36. The number of amides is 1. The van der Waals surface area contributed by atoms with Crippen molar-refractivity contribution in [3.05, 3.63) is 68.1 Å². The minimum Gasteiger partial charge on any atom is -0.333 e. The number of benzene rings is 1. The van der Waals surface area contributed by atoms with Crippen LogP contribution in [0.1, 0.15) is 65.2 Å². The summed E-state index contributed by atoms with van der Waals surface area (Å²) in [5.74, 6) is 0.174. The molecule has 1 N–H and O–H groups in total. The maximum absolute atomic E-state index is 13.2. The maximum atomic E-state index is 13.2. The van der Waals surface area contributed by atoms with E-state index in [4.69, 9.17) is 0 Å². The molecule has 28 heavy (non-hydrogen) atoms. The zero-order valence-electron chi connectivity index (χ0n) is 16.4. The Hall–Kier alpha value is -2.87. The van der Waals surface area contributed by atoms with E-state index in [0.717, 1.165) is 36.9 Å². The third-order valence-corrected chi connectivity index (χ3v) is 6.17. The van der Waals surface area contributed by atoms with Gasteiger partial charge in [-0.1, -0.05) is 24.3 Å². The van der Waals surface area contributed by atoms with Crippen LogP contribution in [-0.4, -0.2) is 21.8 Å². The van der Waals surface area contributed by atoms with E-state index in [0.29, 0.717) is 24.4 Å². The Kier molecular flexibility index (Phi) is 4.80. The van der Waals surface area contributed by atoms with Gasteiger partial charge >= 0.3 is 0 Å². The van der Waals surface area contributed by atoms with Crippen LogP contribution >= 0.6 is 0 Å². The second kappa shape index (κ2) is 7.27. The van der Waals surface area contributed by atoms with Crippen molar-refractivity contribution in [3.63, 3.8) is 0 Å². The number of H-pyrrole nitrogens is 1. The summed E-state index contributed by atoms with van der Waals surface area (Å²) in [6, 6.07) is 11.0. The van der Waals surface area contributed by atoms with Crippen LogP contribution < -0.4 is 5.56 Å². The molecule has 5 nitrogen and oxygen atoms in total. The first-order chi connectivity index (χ1) is 13.5. The molecule has 0 spiro atoms. The van der Waals surface area contributed by atoms with E-state index in [-0.39, 0.29) is 23.1 Å². The predicted molar refractivity (Wildman–Crippen MR) is 107 cm³/mol. The normalized spacial score (nSPS) is 17.8. The molecule has 0 saturated heterocycles. The van der Waals surface area contributed by atoms with Gasteiger partial charge in [0.2, 0.25) is 5.91 Å². The Labute approximate surface area is 165 Å². The molecular formula is C23H25N3O2. The van der Waals surface area contributed by atoms with Gasteiger partial charge in [0.25, 0.3) is 5.56 Å². The Morgan fingerprint density at radius 3 is 2.71 bits per heavy atom. The van der Waals surface area contributed by atoms with Crippen LogP contribution in [0.4, 0.5) is 0 Å². The van der Waals surface area contributed by atoms with Crippen molar-refractivity contribution < 1.29 is 4.79 Å². The highest BCUT2D eigenvalue weighted by molar-refractivity contribution is 5.78. The van der Waals surface area contributed by atoms with Gasteiger partial charge in [-0.05, 0) is 68.2 Å². The zero-order valence-corrected chi connectivity index (χ0v) is 16.4. The van der Waals surface area contributed by atoms with E-state index in [1.54, 1.807) is 6.92 Å². The first kappa shape index (κ1) is 18.5. The van der Waals surface area contributed by atoms with Crippen LogP contribution in [-0.2, 0) is 17.6 Å². The molecule has 1 atom stereocenters. The molecule has 144 valence electrons. The number of hydrogen-bond acceptors (Lipinski definition) is 3. The molecule has 0 aliphatic heterocycles. The molecular weight excluding hydrogens is 350 g/mol. The van der Waals surface area contributed by atoms with E-state index in [1.165, 1.54) is 11.1 Å². The maximum Gasteiger partial charge on any atom is 0.266 e. The van der Waals surface area contributed by atoms with Crippen molar-refractivity contribution in [2.75, 3.05) is 0 Å². The number of nitriles is 1. The van der Waals surface area contributed by atoms with Crippen molar-refractivity contribution in [2.24, 2.45) is 0 Å². The average molecular weight is 375 g/mol. The van der Waals surface area contributed by atoms with Crippen molar-refractivity contribution in [1.29, 1.82) is 5.26 Å². The van der Waals surface area contributed by atoms with Crippen molar-refractivity contribution in [2.45, 2.75) is 64.5 Å². The van der Waals surface area contributed by atoms with Crippen LogP contribution in [0.25, 0.3) is 0 Å². The minimum atomic E-state index is -0.352. The highest BCUT2D eigenvalue weighted by Gasteiger charge is 2.40. The number of aromatic amines is 1. The Bertz CT molecular complexity index is 1030. The number of rotatable bonds is 5. The fourth-order valence-electron chi connectivity index (χ4n) is 4.59. The van der Waals surface area contributed by atoms with E-state index in [2.05, 4.69) is 34.1 Å². The number of nitrogens with one attached hydrogen (secondary N) is 1. The predicted octanol–water partition coefficient (Wildman–Crippen LogP) is 3.47. The Morgan fingerprint density at radius 1 is 1.25 bits per heavy atom. The smallest absolute Gasteiger partial charge is 0.266 e. The molecule has 2 aliphatic carbocycles. The highest BCUT2D eigenvalue weighted by Crippen LogP contribution is 2.42. The molecule has 1 amide bonds. The van der Waals surface area contributed by atoms with Gasteiger partial charge in [-0.3, -0.25) is 9.59 Å². The monoisotopic (exact) mass is 375 g/mol. The lowest BCUT2D eigenvalue weighted by atomic mass is 9.98. The molecule has 2 aliphatic rings. The summed E-state index contributed by atoms with van der Waals surface area (Å²) in [6.45, 7) is 3.63. The molecule has 1 saturated carbocycles. The SMILES string of the molecule is Cc1[nH]c(=O)c(C#N)c(C)c1CCC(=O)N(C1CC1)[C@@H]1CCc2ccccc21. The third-order valence-electron chi connectivity index (χ3n) is 6.17. The number of carbonyl (C=O) groups is 1. The Morgan fingerprint density at radius 2 is 2.00 bits per heavy atom. The molecule has 5 heteroatoms. The molecule has 4 rings (SSSR count). The lowest BCUT2D eigenvalue weighted by molar-refractivity contribution is -0.134. The van der Waals surface area contributed by atoms with Crippen molar-refractivity contribution in [1.82, 2.24) is 9.88 Å². The number of fused-ring (bicyclic) bond motifs is 1. The quantitative estimate of drug-likeness (QED) is 0.869. The van der Waals surface area contributed by atoms with Gasteiger partial charge in [0, 0.05) is 18.2 Å². The summed E-state index contributed by atoms with van der Waals surface area (Å²) in [4.78, 5) is 30.0. The first-order valence-electron chi connectivity index (χ1n) is 10.0. The summed E-state index contributed by atoms with van der Waals surface area (Å²) in [5.41, 5.74) is 4.81. The summed E-state index contributed by atoms with van der Waals surface area (Å²) < 4.78 is 0. The van der Waals surface area contributed by atoms with Crippen LogP contribution in [0.3, 0.4) is 0 Å².